The van der Waals surface area contributed by atoms with E-state index in [1.54, 1.807) is 47.4 Å². The highest BCUT2D eigenvalue weighted by atomic mass is 16.6. The van der Waals surface area contributed by atoms with Crippen molar-refractivity contribution in [2.24, 2.45) is 0 Å². The van der Waals surface area contributed by atoms with Gasteiger partial charge in [-0.3, -0.25) is 28.9 Å². The van der Waals surface area contributed by atoms with Gasteiger partial charge < -0.3 is 61.6 Å². The van der Waals surface area contributed by atoms with E-state index in [1.807, 2.05) is 111 Å². The molecule has 27 heteroatoms. The predicted molar refractivity (Wildman–Crippen MR) is 441 cm³/mol. The lowest BCUT2D eigenvalue weighted by Crippen LogP contribution is -2.48. The molecule has 0 radical (unpaired) electrons. The van der Waals surface area contributed by atoms with Gasteiger partial charge in [0.1, 0.15) is 34.7 Å². The molecule has 0 atom stereocenters. The van der Waals surface area contributed by atoms with Gasteiger partial charge in [0.15, 0.2) is 11.3 Å². The van der Waals surface area contributed by atoms with Gasteiger partial charge in [-0.25, -0.2) is 34.1 Å². The number of nitrogens with one attached hydrogen (secondary N) is 8. The summed E-state index contributed by atoms with van der Waals surface area (Å²) in [5.74, 6) is -1.49. The number of carbonyl (C=O) groups is 6. The molecule has 0 aliphatic carbocycles. The maximum absolute atomic E-state index is 13.5. The molecule has 598 valence electrons. The smallest absolute Gasteiger partial charge is 0.410 e. The Kier molecular flexibility index (Phi) is 28.7. The monoisotopic (exact) mass is 1550 g/mol. The van der Waals surface area contributed by atoms with Crippen molar-refractivity contribution in [2.75, 3.05) is 89.4 Å². The molecule has 10 aromatic rings. The van der Waals surface area contributed by atoms with Gasteiger partial charge in [0.05, 0.1) is 34.5 Å². The zero-order valence-electron chi connectivity index (χ0n) is 66.4. The van der Waals surface area contributed by atoms with Crippen LogP contribution in [0.4, 0.5) is 16.2 Å². The largest absolute Gasteiger partial charge is 0.444 e. The summed E-state index contributed by atoms with van der Waals surface area (Å²) in [6.07, 6.45) is 9.25. The Balaban J connectivity index is 0.000000183. The number of aromatic nitrogens is 8. The van der Waals surface area contributed by atoms with E-state index >= 15 is 0 Å². The highest BCUT2D eigenvalue weighted by molar-refractivity contribution is 5.98. The van der Waals surface area contributed by atoms with Crippen molar-refractivity contribution < 1.29 is 43.0 Å². The SMILES string of the molecule is CC(C)(C)OC(=O)N1CCNCC1.CCc1nc2c(cnn2CC)c(NC2CCOCC2)c1CNC(=O)c1cccc(C(=O)NCc2cccc(-c3cccc(C=O)c3)c2)n1.CCc1nc2c(cnn2CC)c(NC2CCOCC2)c1CNC(=O)c1cccc(C(=O)NCc2cccc(-c3cccc(CN4CCNCC4)c3)c2)n1. The lowest BCUT2D eigenvalue weighted by Gasteiger charge is -2.30. The van der Waals surface area contributed by atoms with E-state index in [0.717, 1.165) is 180 Å². The minimum Gasteiger partial charge on any atom is -0.444 e. The molecule has 4 fully saturated rings. The first-order chi connectivity index (χ1) is 55.4. The summed E-state index contributed by atoms with van der Waals surface area (Å²) in [5, 5.41) is 37.0. The van der Waals surface area contributed by atoms with Crippen LogP contribution in [0, 0.1) is 0 Å². The number of amides is 5. The summed E-state index contributed by atoms with van der Waals surface area (Å²) in [5.41, 5.74) is 15.3. The van der Waals surface area contributed by atoms with Gasteiger partial charge in [0.2, 0.25) is 0 Å². The molecule has 0 saturated carbocycles. The number of rotatable bonds is 25. The Morgan fingerprint density at radius 2 is 0.877 bits per heavy atom. The van der Waals surface area contributed by atoms with Crippen LogP contribution in [0.25, 0.3) is 44.3 Å². The van der Waals surface area contributed by atoms with Crippen LogP contribution >= 0.6 is 0 Å². The van der Waals surface area contributed by atoms with Crippen LogP contribution in [0.2, 0.25) is 0 Å². The van der Waals surface area contributed by atoms with Crippen LogP contribution in [0.5, 0.6) is 0 Å². The maximum Gasteiger partial charge on any atom is 0.410 e. The van der Waals surface area contributed by atoms with E-state index in [0.29, 0.717) is 64.5 Å². The molecule has 0 bridgehead atoms. The fourth-order valence-corrected chi connectivity index (χ4v) is 14.3. The van der Waals surface area contributed by atoms with Gasteiger partial charge in [-0.05, 0) is 161 Å². The van der Waals surface area contributed by atoms with Crippen molar-refractivity contribution in [3.8, 4) is 22.3 Å². The summed E-state index contributed by atoms with van der Waals surface area (Å²) >= 11 is 0. The summed E-state index contributed by atoms with van der Waals surface area (Å²) in [6, 6.07) is 42.3. The first-order valence-corrected chi connectivity index (χ1v) is 39.9. The molecule has 4 aromatic carbocycles. The molecule has 5 amide bonds. The number of aryl methyl sites for hydroxylation is 4. The zero-order chi connectivity index (χ0) is 79.9. The van der Waals surface area contributed by atoms with E-state index < -0.39 is 11.8 Å². The Morgan fingerprint density at radius 3 is 1.29 bits per heavy atom. The third kappa shape index (κ3) is 21.9. The van der Waals surface area contributed by atoms with Gasteiger partial charge in [-0.1, -0.05) is 98.8 Å². The van der Waals surface area contributed by atoms with E-state index in [1.165, 1.54) is 5.56 Å². The number of anilines is 2. The van der Waals surface area contributed by atoms with Crippen LogP contribution in [0.1, 0.15) is 166 Å². The van der Waals surface area contributed by atoms with Gasteiger partial charge in [-0.2, -0.15) is 10.2 Å². The summed E-state index contributed by atoms with van der Waals surface area (Å²) in [6.45, 7) is 27.5. The molecule has 4 aliphatic heterocycles. The van der Waals surface area contributed by atoms with Crippen LogP contribution < -0.4 is 42.5 Å². The summed E-state index contributed by atoms with van der Waals surface area (Å²) < 4.78 is 20.2. The standard InChI is InChI=1S/C41H49N9O3.C37H39N7O4.C9H18N2O2/c1-3-35-33(38(46-32-14-20-53-21-15-32)34-26-45-50(4-2)39(34)48-35)25-44-41(52)37-13-7-12-36(47-37)40(51)43-24-28-8-5-10-30(22-28)31-11-6-9-29(23-31)27-49-18-16-42-17-19-49;1-3-31-29(34(41-28-14-16-48-17-15-28)30-22-40-44(4-2)35(30)43-31)21-39-37(47)33-13-7-12-32(42-33)36(46)38-20-24-8-5-10-26(18-24)27-11-6-9-25(19-27)23-45;1-9(2,3)13-8(12)11-6-4-10-5-7-11/h5-13,22-23,26,32,42H,3-4,14-21,24-25,27H2,1-2H3,(H,43,51)(H,44,52)(H,46,48);5-13,18-19,22-23,28H,3-4,14-17,20-21H2,1-2H3,(H,38,46)(H,39,47)(H,41,43);10H,4-7H2,1-3H3. The van der Waals surface area contributed by atoms with Gasteiger partial charge >= 0.3 is 6.09 Å². The normalized spacial score (nSPS) is 14.9. The number of hydrogen-bond acceptors (Lipinski definition) is 20. The molecule has 14 rings (SSSR count). The van der Waals surface area contributed by atoms with E-state index in [2.05, 4.69) is 118 Å². The van der Waals surface area contributed by atoms with Gasteiger partial charge in [-0.15, -0.1) is 0 Å². The maximum atomic E-state index is 13.5. The molecule has 4 saturated heterocycles. The fourth-order valence-electron chi connectivity index (χ4n) is 14.3. The van der Waals surface area contributed by atoms with Crippen molar-refractivity contribution in [1.29, 1.82) is 0 Å². The Bertz CT molecular complexity index is 4970. The number of benzene rings is 4. The molecule has 8 N–H and O–H groups in total. The summed E-state index contributed by atoms with van der Waals surface area (Å²) in [7, 11) is 0. The summed E-state index contributed by atoms with van der Waals surface area (Å²) in [4.78, 5) is 99.0. The van der Waals surface area contributed by atoms with Crippen molar-refractivity contribution in [2.45, 2.75) is 150 Å². The molecule has 4 aliphatic rings. The lowest BCUT2D eigenvalue weighted by atomic mass is 10.0. The van der Waals surface area contributed by atoms with Gasteiger partial charge in [0, 0.05) is 165 Å². The quantitative estimate of drug-likeness (QED) is 0.0247. The second-order valence-electron chi connectivity index (χ2n) is 29.6. The van der Waals surface area contributed by atoms with Crippen LogP contribution in [-0.4, -0.2) is 182 Å². The van der Waals surface area contributed by atoms with E-state index in [-0.39, 0.29) is 78.0 Å². The molecular weight excluding hydrogens is 1440 g/mol. The first-order valence-electron chi connectivity index (χ1n) is 39.9. The lowest BCUT2D eigenvalue weighted by molar-refractivity contribution is 0.0228. The van der Waals surface area contributed by atoms with E-state index in [4.69, 9.17) is 24.2 Å². The third-order valence-electron chi connectivity index (χ3n) is 20.4. The average molecular weight is 1550 g/mol. The zero-order valence-corrected chi connectivity index (χ0v) is 66.4. The number of carbonyl (C=O) groups excluding carboxylic acids is 6. The van der Waals surface area contributed by atoms with Crippen molar-refractivity contribution >= 4 is 69.4 Å². The number of hydrogen-bond donors (Lipinski definition) is 8. The second kappa shape index (κ2) is 39.9. The number of ether oxygens (including phenoxy) is 3. The highest BCUT2D eigenvalue weighted by Crippen LogP contribution is 2.34. The fraction of sp³-hybridized carbons (Fsp3) is 0.402. The predicted octanol–water partition coefficient (Wildman–Crippen LogP) is 11.1. The minimum absolute atomic E-state index is 0.142. The van der Waals surface area contributed by atoms with Crippen LogP contribution in [-0.2, 0) is 72.9 Å². The van der Waals surface area contributed by atoms with Crippen molar-refractivity contribution in [3.05, 3.63) is 213 Å². The topological polar surface area (TPSA) is 320 Å². The molecule has 0 unspecified atom stereocenters. The second-order valence-corrected chi connectivity index (χ2v) is 29.6. The Morgan fingerprint density at radius 1 is 0.491 bits per heavy atom. The molecule has 114 heavy (non-hydrogen) atoms. The Hall–Kier alpha value is -11.4. The number of nitrogens with zero attached hydrogens (tertiary/aromatic N) is 10. The van der Waals surface area contributed by atoms with E-state index in [9.17, 15) is 28.8 Å². The Labute approximate surface area is 665 Å². The number of fused-ring (bicyclic) bond motifs is 2. The van der Waals surface area contributed by atoms with Crippen molar-refractivity contribution in [3.63, 3.8) is 0 Å². The first kappa shape index (κ1) is 82.1. The third-order valence-corrected chi connectivity index (χ3v) is 20.4. The molecular formula is C87H106N18O9. The van der Waals surface area contributed by atoms with Crippen LogP contribution in [0.15, 0.2) is 146 Å². The number of pyridine rings is 4. The van der Waals surface area contributed by atoms with Crippen LogP contribution in [0.3, 0.4) is 0 Å². The average Bonchev–Trinajstić information content (AvgIpc) is 1.59. The molecule has 6 aromatic heterocycles. The molecule has 0 spiro atoms. The number of aldehydes is 1. The highest BCUT2D eigenvalue weighted by Gasteiger charge is 2.27. The minimum atomic E-state index is -0.392. The molecule has 10 heterocycles. The number of piperazine rings is 2. The molecule has 27 nitrogen and oxygen atoms in total. The van der Waals surface area contributed by atoms with Gasteiger partial charge in [0.25, 0.3) is 23.6 Å². The van der Waals surface area contributed by atoms with Crippen molar-refractivity contribution in [1.82, 2.24) is 81.2 Å².